The molecule has 0 saturated carbocycles. The third-order valence-electron chi connectivity index (χ3n) is 4.77. The van der Waals surface area contributed by atoms with Crippen LogP contribution in [-0.2, 0) is 4.43 Å². The van der Waals surface area contributed by atoms with E-state index < -0.39 is 8.32 Å². The van der Waals surface area contributed by atoms with Crippen molar-refractivity contribution >= 4 is 8.32 Å². The Morgan fingerprint density at radius 2 is 0.909 bits per heavy atom. The highest BCUT2D eigenvalue weighted by Crippen LogP contribution is 2.27. The maximum absolute atomic E-state index is 6.55. The highest BCUT2D eigenvalue weighted by Gasteiger charge is 2.31. The van der Waals surface area contributed by atoms with Gasteiger partial charge in [0.05, 0.1) is 0 Å². The SMILES string of the molecule is CCCCCCCCCCCO[Si](CCC)(CCC)CCC. The van der Waals surface area contributed by atoms with Gasteiger partial charge in [-0.25, -0.2) is 0 Å². The highest BCUT2D eigenvalue weighted by molar-refractivity contribution is 6.73. The fourth-order valence-corrected chi connectivity index (χ4v) is 8.15. The van der Waals surface area contributed by atoms with Gasteiger partial charge < -0.3 is 4.43 Å². The van der Waals surface area contributed by atoms with Crippen LogP contribution in [0.25, 0.3) is 0 Å². The lowest BCUT2D eigenvalue weighted by Gasteiger charge is -2.31. The van der Waals surface area contributed by atoms with Gasteiger partial charge in [0.2, 0.25) is 0 Å². The van der Waals surface area contributed by atoms with E-state index in [1.54, 1.807) is 0 Å². The molecule has 2 heteroatoms. The van der Waals surface area contributed by atoms with Gasteiger partial charge in [-0.2, -0.15) is 0 Å². The van der Waals surface area contributed by atoms with Crippen LogP contribution in [-0.4, -0.2) is 14.9 Å². The lowest BCUT2D eigenvalue weighted by molar-refractivity contribution is 0.283. The molecule has 0 aromatic heterocycles. The normalized spacial score (nSPS) is 12.0. The maximum atomic E-state index is 6.55. The van der Waals surface area contributed by atoms with Gasteiger partial charge in [0, 0.05) is 6.61 Å². The van der Waals surface area contributed by atoms with E-state index in [-0.39, 0.29) is 0 Å². The molecule has 0 unspecified atom stereocenters. The van der Waals surface area contributed by atoms with Crippen molar-refractivity contribution in [3.8, 4) is 0 Å². The summed E-state index contributed by atoms with van der Waals surface area (Å²) in [5.74, 6) is 0. The highest BCUT2D eigenvalue weighted by atomic mass is 28.4. The van der Waals surface area contributed by atoms with Crippen LogP contribution in [0.2, 0.25) is 18.1 Å². The van der Waals surface area contributed by atoms with Gasteiger partial charge in [-0.3, -0.25) is 0 Å². The molecule has 0 aromatic carbocycles. The van der Waals surface area contributed by atoms with Gasteiger partial charge in [0.15, 0.2) is 8.32 Å². The van der Waals surface area contributed by atoms with Crippen molar-refractivity contribution < 1.29 is 4.43 Å². The van der Waals surface area contributed by atoms with Crippen LogP contribution in [0.4, 0.5) is 0 Å². The molecule has 0 rings (SSSR count). The van der Waals surface area contributed by atoms with E-state index in [9.17, 15) is 0 Å². The fraction of sp³-hybridized carbons (Fsp3) is 1.00. The number of hydrogen-bond donors (Lipinski definition) is 0. The van der Waals surface area contributed by atoms with Crippen LogP contribution in [0.1, 0.15) is 105 Å². The Morgan fingerprint density at radius 3 is 1.32 bits per heavy atom. The summed E-state index contributed by atoms with van der Waals surface area (Å²) in [6.07, 6.45) is 16.6. The average molecular weight is 329 g/mol. The molecule has 0 N–H and O–H groups in total. The van der Waals surface area contributed by atoms with Crippen LogP contribution in [0.3, 0.4) is 0 Å². The van der Waals surface area contributed by atoms with E-state index in [4.69, 9.17) is 4.43 Å². The second-order valence-corrected chi connectivity index (χ2v) is 11.3. The first-order valence-corrected chi connectivity index (χ1v) is 12.9. The molecule has 0 saturated heterocycles. The summed E-state index contributed by atoms with van der Waals surface area (Å²) in [6.45, 7) is 10.3. The molecule has 0 aromatic rings. The van der Waals surface area contributed by atoms with Gasteiger partial charge in [-0.15, -0.1) is 0 Å². The molecule has 0 aliphatic rings. The predicted molar refractivity (Wildman–Crippen MR) is 104 cm³/mol. The van der Waals surface area contributed by atoms with Gasteiger partial charge in [-0.05, 0) is 24.6 Å². The Hall–Kier alpha value is 0.177. The molecule has 0 spiro atoms. The minimum Gasteiger partial charge on any atom is -0.417 e. The van der Waals surface area contributed by atoms with Gasteiger partial charge >= 0.3 is 0 Å². The summed E-state index contributed by atoms with van der Waals surface area (Å²) < 4.78 is 6.55. The molecule has 0 radical (unpaired) electrons. The topological polar surface area (TPSA) is 9.23 Å². The summed E-state index contributed by atoms with van der Waals surface area (Å²) in [5.41, 5.74) is 0. The number of hydrogen-bond acceptors (Lipinski definition) is 1. The molecular formula is C20H44OSi. The molecule has 0 amide bonds. The van der Waals surface area contributed by atoms with E-state index in [1.165, 1.54) is 95.2 Å². The third-order valence-corrected chi connectivity index (χ3v) is 9.82. The Kier molecular flexibility index (Phi) is 16.2. The molecular weight excluding hydrogens is 284 g/mol. The molecule has 0 fully saturated rings. The average Bonchev–Trinajstić information content (AvgIpc) is 2.50. The van der Waals surface area contributed by atoms with E-state index in [0.717, 1.165) is 6.61 Å². The van der Waals surface area contributed by atoms with Gasteiger partial charge in [0.25, 0.3) is 0 Å². The zero-order valence-electron chi connectivity index (χ0n) is 16.2. The van der Waals surface area contributed by atoms with Gasteiger partial charge in [-0.1, -0.05) is 98.3 Å². The van der Waals surface area contributed by atoms with Crippen molar-refractivity contribution in [2.45, 2.75) is 123 Å². The Bertz CT molecular complexity index is 201. The largest absolute Gasteiger partial charge is 0.417 e. The van der Waals surface area contributed by atoms with E-state index >= 15 is 0 Å². The first-order valence-electron chi connectivity index (χ1n) is 10.4. The lowest BCUT2D eigenvalue weighted by Crippen LogP contribution is -2.38. The van der Waals surface area contributed by atoms with Crippen LogP contribution >= 0.6 is 0 Å². The standard InChI is InChI=1S/C20H44OSi/c1-5-9-10-11-12-13-14-15-16-17-21-22(18-6-2,19-7-3)20-8-4/h5-20H2,1-4H3. The first-order chi connectivity index (χ1) is 10.7. The molecule has 0 aliphatic carbocycles. The quantitative estimate of drug-likeness (QED) is 0.196. The smallest absolute Gasteiger partial charge is 0.192 e. The van der Waals surface area contributed by atoms with Crippen LogP contribution in [0.15, 0.2) is 0 Å². The Morgan fingerprint density at radius 1 is 0.500 bits per heavy atom. The van der Waals surface area contributed by atoms with Crippen molar-refractivity contribution in [2.24, 2.45) is 0 Å². The van der Waals surface area contributed by atoms with Crippen molar-refractivity contribution in [2.75, 3.05) is 6.61 Å². The third kappa shape index (κ3) is 11.7. The zero-order chi connectivity index (χ0) is 16.5. The van der Waals surface area contributed by atoms with Crippen molar-refractivity contribution in [1.82, 2.24) is 0 Å². The van der Waals surface area contributed by atoms with Crippen LogP contribution < -0.4 is 0 Å². The lowest BCUT2D eigenvalue weighted by atomic mass is 10.1. The minimum absolute atomic E-state index is 1.04. The molecule has 1 nitrogen and oxygen atoms in total. The monoisotopic (exact) mass is 328 g/mol. The molecule has 22 heavy (non-hydrogen) atoms. The number of unbranched alkanes of at least 4 members (excludes halogenated alkanes) is 8. The van der Waals surface area contributed by atoms with Crippen molar-refractivity contribution in [3.05, 3.63) is 0 Å². The molecule has 0 heterocycles. The Labute approximate surface area is 142 Å². The van der Waals surface area contributed by atoms with Crippen molar-refractivity contribution in [3.63, 3.8) is 0 Å². The molecule has 0 bridgehead atoms. The minimum atomic E-state index is -1.39. The Balaban J connectivity index is 3.70. The zero-order valence-corrected chi connectivity index (χ0v) is 17.2. The van der Waals surface area contributed by atoms with Crippen LogP contribution in [0.5, 0.6) is 0 Å². The summed E-state index contributed by atoms with van der Waals surface area (Å²) >= 11 is 0. The summed E-state index contributed by atoms with van der Waals surface area (Å²) in [6, 6.07) is 4.14. The first kappa shape index (κ1) is 22.2. The maximum Gasteiger partial charge on any atom is 0.192 e. The summed E-state index contributed by atoms with van der Waals surface area (Å²) in [5, 5.41) is 0. The molecule has 0 aliphatic heterocycles. The van der Waals surface area contributed by atoms with E-state index in [1.807, 2.05) is 0 Å². The van der Waals surface area contributed by atoms with E-state index in [0.29, 0.717) is 0 Å². The predicted octanol–water partition coefficient (Wildman–Crippen LogP) is 7.71. The number of rotatable bonds is 17. The van der Waals surface area contributed by atoms with Crippen LogP contribution in [0, 0.1) is 0 Å². The summed E-state index contributed by atoms with van der Waals surface area (Å²) in [7, 11) is -1.39. The second-order valence-electron chi connectivity index (χ2n) is 7.11. The molecule has 0 atom stereocenters. The van der Waals surface area contributed by atoms with Crippen molar-refractivity contribution in [1.29, 1.82) is 0 Å². The fourth-order valence-electron chi connectivity index (χ4n) is 3.66. The van der Waals surface area contributed by atoms with Gasteiger partial charge in [0.1, 0.15) is 0 Å². The second kappa shape index (κ2) is 16.0. The molecule has 134 valence electrons. The summed E-state index contributed by atoms with van der Waals surface area (Å²) in [4.78, 5) is 0. The van der Waals surface area contributed by atoms with E-state index in [2.05, 4.69) is 27.7 Å².